The van der Waals surface area contributed by atoms with E-state index in [0.717, 1.165) is 17.5 Å². The van der Waals surface area contributed by atoms with Crippen LogP contribution >= 0.6 is 23.2 Å². The zero-order chi connectivity index (χ0) is 24.5. The predicted molar refractivity (Wildman–Crippen MR) is 136 cm³/mol. The van der Waals surface area contributed by atoms with Crippen molar-refractivity contribution >= 4 is 40.9 Å². The molecule has 0 saturated carbocycles. The van der Waals surface area contributed by atoms with Crippen molar-refractivity contribution in [1.82, 2.24) is 0 Å². The van der Waals surface area contributed by atoms with Gasteiger partial charge in [-0.25, -0.2) is 0 Å². The molecule has 0 spiro atoms. The van der Waals surface area contributed by atoms with Crippen LogP contribution in [0.5, 0.6) is 11.5 Å². The summed E-state index contributed by atoms with van der Waals surface area (Å²) in [6.45, 7) is 4.56. The van der Waals surface area contributed by atoms with Crippen molar-refractivity contribution in [3.05, 3.63) is 93.0 Å². The second kappa shape index (κ2) is 12.1. The molecule has 0 radical (unpaired) electrons. The first-order valence-corrected chi connectivity index (χ1v) is 11.5. The fraction of sp³-hybridized carbons (Fsp3) is 0.185. The van der Waals surface area contributed by atoms with Crippen LogP contribution in [-0.2, 0) is 17.8 Å². The molecule has 7 heteroatoms. The van der Waals surface area contributed by atoms with Gasteiger partial charge in [-0.2, -0.15) is 5.26 Å². The lowest BCUT2D eigenvalue weighted by Gasteiger charge is -2.15. The minimum atomic E-state index is -0.510. The zero-order valence-electron chi connectivity index (χ0n) is 18.9. The number of benzene rings is 3. The van der Waals surface area contributed by atoms with Gasteiger partial charge in [0, 0.05) is 10.7 Å². The highest BCUT2D eigenvalue weighted by atomic mass is 35.5. The number of rotatable bonds is 9. The van der Waals surface area contributed by atoms with Crippen LogP contribution in [0.3, 0.4) is 0 Å². The maximum Gasteiger partial charge on any atom is 0.266 e. The van der Waals surface area contributed by atoms with Gasteiger partial charge in [-0.15, -0.1) is 0 Å². The molecule has 34 heavy (non-hydrogen) atoms. The molecule has 0 heterocycles. The highest BCUT2D eigenvalue weighted by molar-refractivity contribution is 6.32. The van der Waals surface area contributed by atoms with Gasteiger partial charge in [-0.05, 0) is 72.5 Å². The molecule has 174 valence electrons. The Morgan fingerprint density at radius 3 is 2.29 bits per heavy atom. The van der Waals surface area contributed by atoms with Gasteiger partial charge in [-0.3, -0.25) is 4.79 Å². The molecule has 0 atom stereocenters. The van der Waals surface area contributed by atoms with E-state index in [2.05, 4.69) is 12.2 Å². The fourth-order valence-corrected chi connectivity index (χ4v) is 3.55. The molecular weight excluding hydrogens is 471 g/mol. The van der Waals surface area contributed by atoms with Crippen LogP contribution in [0.15, 0.2) is 66.2 Å². The van der Waals surface area contributed by atoms with Gasteiger partial charge in [0.05, 0.1) is 11.6 Å². The van der Waals surface area contributed by atoms with Crippen molar-refractivity contribution in [3.8, 4) is 17.6 Å². The number of carbonyl (C=O) groups excluding carboxylic acids is 1. The van der Waals surface area contributed by atoms with Gasteiger partial charge < -0.3 is 14.8 Å². The van der Waals surface area contributed by atoms with E-state index in [4.69, 9.17) is 32.7 Å². The lowest BCUT2D eigenvalue weighted by atomic mass is 10.1. The summed E-state index contributed by atoms with van der Waals surface area (Å²) in [5.74, 6) is 0.293. The molecule has 0 fully saturated rings. The zero-order valence-corrected chi connectivity index (χ0v) is 20.4. The molecule has 0 aliphatic rings. The maximum absolute atomic E-state index is 12.6. The average Bonchev–Trinajstić information content (AvgIpc) is 2.83. The van der Waals surface area contributed by atoms with Crippen LogP contribution < -0.4 is 14.8 Å². The molecule has 0 unspecified atom stereocenters. The monoisotopic (exact) mass is 494 g/mol. The summed E-state index contributed by atoms with van der Waals surface area (Å²) in [4.78, 5) is 12.6. The number of nitrogens with zero attached hydrogens (tertiary/aromatic N) is 1. The molecule has 5 nitrogen and oxygen atoms in total. The van der Waals surface area contributed by atoms with Crippen molar-refractivity contribution in [2.75, 3.05) is 11.9 Å². The van der Waals surface area contributed by atoms with Crippen LogP contribution in [0.2, 0.25) is 10.0 Å². The van der Waals surface area contributed by atoms with E-state index in [9.17, 15) is 10.1 Å². The molecule has 1 N–H and O–H groups in total. The Balaban J connectivity index is 1.81. The Labute approximate surface area is 209 Å². The van der Waals surface area contributed by atoms with Crippen LogP contribution in [0, 0.1) is 11.3 Å². The topological polar surface area (TPSA) is 71.3 Å². The van der Waals surface area contributed by atoms with E-state index in [1.807, 2.05) is 49.4 Å². The number of carbonyl (C=O) groups is 1. The molecule has 0 bridgehead atoms. The van der Waals surface area contributed by atoms with Gasteiger partial charge >= 0.3 is 0 Å². The van der Waals surface area contributed by atoms with Gasteiger partial charge in [0.25, 0.3) is 5.91 Å². The first-order valence-electron chi connectivity index (χ1n) is 10.8. The number of aryl methyl sites for hydroxylation is 1. The van der Waals surface area contributed by atoms with Crippen molar-refractivity contribution < 1.29 is 14.3 Å². The number of amides is 1. The highest BCUT2D eigenvalue weighted by Crippen LogP contribution is 2.38. The number of nitrogens with one attached hydrogen (secondary N) is 1. The Bertz CT molecular complexity index is 1210. The van der Waals surface area contributed by atoms with E-state index < -0.39 is 5.91 Å². The van der Waals surface area contributed by atoms with E-state index in [0.29, 0.717) is 39.4 Å². The minimum Gasteiger partial charge on any atom is -0.490 e. The Kier molecular flexibility index (Phi) is 8.98. The molecule has 0 aliphatic heterocycles. The summed E-state index contributed by atoms with van der Waals surface area (Å²) in [6.07, 6.45) is 2.37. The number of anilines is 1. The lowest BCUT2D eigenvalue weighted by Crippen LogP contribution is -2.13. The Morgan fingerprint density at radius 1 is 1.00 bits per heavy atom. The summed E-state index contributed by atoms with van der Waals surface area (Å²) in [7, 11) is 0. The third-order valence-corrected chi connectivity index (χ3v) is 5.46. The number of nitriles is 1. The summed E-state index contributed by atoms with van der Waals surface area (Å²) in [6, 6.07) is 20.0. The van der Waals surface area contributed by atoms with Crippen molar-refractivity contribution in [1.29, 1.82) is 5.26 Å². The number of halogens is 2. The fourth-order valence-electron chi connectivity index (χ4n) is 3.15. The smallest absolute Gasteiger partial charge is 0.266 e. The summed E-state index contributed by atoms with van der Waals surface area (Å²) in [5.41, 5.74) is 3.17. The number of hydrogen-bond acceptors (Lipinski definition) is 4. The van der Waals surface area contributed by atoms with Gasteiger partial charge in [-0.1, -0.05) is 54.4 Å². The number of hydrogen-bond donors (Lipinski definition) is 1. The Hall–Kier alpha value is -3.46. The van der Waals surface area contributed by atoms with E-state index in [-0.39, 0.29) is 12.2 Å². The second-order valence-electron chi connectivity index (χ2n) is 7.35. The van der Waals surface area contributed by atoms with Crippen molar-refractivity contribution in [2.45, 2.75) is 26.9 Å². The second-order valence-corrected chi connectivity index (χ2v) is 8.20. The van der Waals surface area contributed by atoms with Crippen LogP contribution in [0.25, 0.3) is 6.08 Å². The minimum absolute atomic E-state index is 0.0621. The molecule has 3 rings (SSSR count). The van der Waals surface area contributed by atoms with E-state index in [1.165, 1.54) is 6.08 Å². The van der Waals surface area contributed by atoms with Gasteiger partial charge in [0.2, 0.25) is 0 Å². The third-order valence-electron chi connectivity index (χ3n) is 4.92. The molecular formula is C27H24Cl2N2O3. The van der Waals surface area contributed by atoms with Gasteiger partial charge in [0.15, 0.2) is 11.5 Å². The summed E-state index contributed by atoms with van der Waals surface area (Å²) < 4.78 is 11.6. The highest BCUT2D eigenvalue weighted by Gasteiger charge is 2.15. The number of ether oxygens (including phenoxy) is 2. The first kappa shape index (κ1) is 25.2. The van der Waals surface area contributed by atoms with Crippen LogP contribution in [-0.4, -0.2) is 12.5 Å². The van der Waals surface area contributed by atoms with E-state index >= 15 is 0 Å². The summed E-state index contributed by atoms with van der Waals surface area (Å²) >= 11 is 12.4. The largest absolute Gasteiger partial charge is 0.490 e. The third kappa shape index (κ3) is 6.77. The van der Waals surface area contributed by atoms with E-state index in [1.54, 1.807) is 24.3 Å². The average molecular weight is 495 g/mol. The predicted octanol–water partition coefficient (Wildman–Crippen LogP) is 7.08. The molecule has 1 amide bonds. The maximum atomic E-state index is 12.6. The quantitative estimate of drug-likeness (QED) is 0.254. The lowest BCUT2D eigenvalue weighted by molar-refractivity contribution is -0.112. The van der Waals surface area contributed by atoms with Crippen molar-refractivity contribution in [3.63, 3.8) is 0 Å². The molecule has 3 aromatic rings. The normalized spacial score (nSPS) is 11.0. The molecule has 0 aliphatic carbocycles. The molecule has 3 aromatic carbocycles. The SMILES string of the molecule is CCOc1cc(/C=C(\C#N)C(=O)Nc2ccc(CC)cc2)cc(Cl)c1OCc1ccc(Cl)cc1. The molecule has 0 saturated heterocycles. The van der Waals surface area contributed by atoms with Gasteiger partial charge in [0.1, 0.15) is 18.2 Å². The van der Waals surface area contributed by atoms with Crippen LogP contribution in [0.1, 0.15) is 30.5 Å². The summed E-state index contributed by atoms with van der Waals surface area (Å²) in [5, 5.41) is 13.3. The van der Waals surface area contributed by atoms with Crippen molar-refractivity contribution in [2.24, 2.45) is 0 Å². The molecule has 0 aromatic heterocycles. The van der Waals surface area contributed by atoms with Crippen LogP contribution in [0.4, 0.5) is 5.69 Å². The first-order chi connectivity index (χ1) is 16.4. The Morgan fingerprint density at radius 2 is 1.68 bits per heavy atom. The standard InChI is InChI=1S/C27H24Cl2N2O3/c1-3-18-7-11-23(12-8-18)31-27(32)21(16-30)13-20-14-24(29)26(25(15-20)33-4-2)34-17-19-5-9-22(28)10-6-19/h5-15H,3-4,17H2,1-2H3,(H,31,32)/b21-13+.